The molecule has 0 saturated carbocycles. The van der Waals surface area contributed by atoms with Crippen molar-refractivity contribution in [3.8, 4) is 0 Å². The highest BCUT2D eigenvalue weighted by atomic mass is 16.3. The van der Waals surface area contributed by atoms with E-state index in [1.807, 2.05) is 12.1 Å². The maximum absolute atomic E-state index is 5.43. The van der Waals surface area contributed by atoms with Crippen molar-refractivity contribution in [3.05, 3.63) is 24.2 Å². The molecule has 1 rings (SSSR count). The van der Waals surface area contributed by atoms with Crippen LogP contribution in [0.5, 0.6) is 0 Å². The summed E-state index contributed by atoms with van der Waals surface area (Å²) in [6, 6.07) is 4.29. The Morgan fingerprint density at radius 1 is 1.33 bits per heavy atom. The number of nitrogens with zero attached hydrogens (tertiary/aromatic N) is 1. The molecule has 0 unspecified atom stereocenters. The summed E-state index contributed by atoms with van der Waals surface area (Å²) in [5.74, 6) is 1.71. The summed E-state index contributed by atoms with van der Waals surface area (Å²) in [6.45, 7) is 6.40. The van der Waals surface area contributed by atoms with E-state index >= 15 is 0 Å². The molecule has 1 atom stereocenters. The van der Waals surface area contributed by atoms with Crippen LogP contribution in [0.2, 0.25) is 0 Å². The molecule has 0 radical (unpaired) electrons. The van der Waals surface area contributed by atoms with Gasteiger partial charge in [0, 0.05) is 6.54 Å². The smallest absolute Gasteiger partial charge is 0.122 e. The van der Waals surface area contributed by atoms with Gasteiger partial charge in [0.1, 0.15) is 5.76 Å². The van der Waals surface area contributed by atoms with E-state index in [0.717, 1.165) is 18.8 Å². The molecule has 0 aliphatic rings. The fraction of sp³-hybridized carbons (Fsp3) is 0.667. The molecule has 0 aromatic carbocycles. The van der Waals surface area contributed by atoms with E-state index in [1.165, 1.54) is 0 Å². The number of nitrogens with one attached hydrogen (secondary N) is 1. The lowest BCUT2D eigenvalue weighted by molar-refractivity contribution is 0.248. The molecule has 0 aliphatic heterocycles. The Morgan fingerprint density at radius 2 is 2.07 bits per heavy atom. The van der Waals surface area contributed by atoms with Crippen LogP contribution in [0.25, 0.3) is 0 Å². The van der Waals surface area contributed by atoms with Crippen molar-refractivity contribution in [3.63, 3.8) is 0 Å². The molecular formula is C12H22N2O. The van der Waals surface area contributed by atoms with Gasteiger partial charge in [-0.3, -0.25) is 4.90 Å². The van der Waals surface area contributed by atoms with Crippen molar-refractivity contribution in [2.24, 2.45) is 5.92 Å². The second kappa shape index (κ2) is 5.93. The van der Waals surface area contributed by atoms with Crippen LogP contribution in [-0.2, 0) is 0 Å². The van der Waals surface area contributed by atoms with Crippen LogP contribution in [0.3, 0.4) is 0 Å². The Kier molecular flexibility index (Phi) is 4.85. The lowest BCUT2D eigenvalue weighted by atomic mass is 10.2. The van der Waals surface area contributed by atoms with Crippen LogP contribution in [-0.4, -0.2) is 32.1 Å². The zero-order valence-corrected chi connectivity index (χ0v) is 10.2. The van der Waals surface area contributed by atoms with E-state index in [4.69, 9.17) is 4.42 Å². The highest BCUT2D eigenvalue weighted by Gasteiger charge is 2.15. The second-order valence-electron chi connectivity index (χ2n) is 4.55. The van der Waals surface area contributed by atoms with E-state index in [-0.39, 0.29) is 0 Å². The third-order valence-electron chi connectivity index (χ3n) is 2.39. The molecule has 0 aliphatic carbocycles. The molecule has 86 valence electrons. The monoisotopic (exact) mass is 210 g/mol. The lowest BCUT2D eigenvalue weighted by Crippen LogP contribution is -2.32. The van der Waals surface area contributed by atoms with Crippen LogP contribution < -0.4 is 5.32 Å². The van der Waals surface area contributed by atoms with Crippen molar-refractivity contribution in [2.45, 2.75) is 19.9 Å². The summed E-state index contributed by atoms with van der Waals surface area (Å²) in [5, 5.41) is 3.45. The third-order valence-corrected chi connectivity index (χ3v) is 2.39. The molecule has 3 heteroatoms. The molecule has 1 aromatic rings. The normalized spacial score (nSPS) is 13.7. The quantitative estimate of drug-likeness (QED) is 0.779. The van der Waals surface area contributed by atoms with Gasteiger partial charge >= 0.3 is 0 Å². The van der Waals surface area contributed by atoms with Crippen LogP contribution >= 0.6 is 0 Å². The van der Waals surface area contributed by atoms with Crippen molar-refractivity contribution in [1.29, 1.82) is 0 Å². The summed E-state index contributed by atoms with van der Waals surface area (Å²) in [6.07, 6.45) is 1.73. The second-order valence-corrected chi connectivity index (χ2v) is 4.55. The van der Waals surface area contributed by atoms with Crippen molar-refractivity contribution >= 4 is 0 Å². The molecule has 0 spiro atoms. The summed E-state index contributed by atoms with van der Waals surface area (Å²) < 4.78 is 5.43. The summed E-state index contributed by atoms with van der Waals surface area (Å²) in [4.78, 5) is 2.17. The largest absolute Gasteiger partial charge is 0.468 e. The van der Waals surface area contributed by atoms with E-state index in [1.54, 1.807) is 6.26 Å². The van der Waals surface area contributed by atoms with E-state index < -0.39 is 0 Å². The van der Waals surface area contributed by atoms with Crippen LogP contribution in [0.1, 0.15) is 25.6 Å². The number of hydrogen-bond donors (Lipinski definition) is 1. The Bertz CT molecular complexity index is 255. The lowest BCUT2D eigenvalue weighted by Gasteiger charge is -2.23. The van der Waals surface area contributed by atoms with Crippen LogP contribution in [0, 0.1) is 5.92 Å². The Hall–Kier alpha value is -0.800. The van der Waals surface area contributed by atoms with Gasteiger partial charge < -0.3 is 9.73 Å². The number of likely N-dealkylation sites (N-methyl/N-ethyl adjacent to an activating group) is 1. The predicted octanol–water partition coefficient (Wildman–Crippen LogP) is 2.13. The number of rotatable bonds is 6. The first-order valence-electron chi connectivity index (χ1n) is 5.51. The summed E-state index contributed by atoms with van der Waals surface area (Å²) >= 11 is 0. The maximum atomic E-state index is 5.43. The Balaban J connectivity index is 2.45. The minimum absolute atomic E-state index is 0.318. The van der Waals surface area contributed by atoms with Crippen molar-refractivity contribution < 1.29 is 4.42 Å². The molecule has 1 heterocycles. The average Bonchev–Trinajstić information content (AvgIpc) is 2.63. The zero-order chi connectivity index (χ0) is 11.3. The third kappa shape index (κ3) is 4.06. The van der Waals surface area contributed by atoms with Crippen molar-refractivity contribution in [1.82, 2.24) is 10.2 Å². The van der Waals surface area contributed by atoms with Gasteiger partial charge in [0.25, 0.3) is 0 Å². The topological polar surface area (TPSA) is 28.4 Å². The van der Waals surface area contributed by atoms with Gasteiger partial charge in [-0.15, -0.1) is 0 Å². The minimum atomic E-state index is 0.318. The van der Waals surface area contributed by atoms with Gasteiger partial charge in [0.05, 0.1) is 12.3 Å². The van der Waals surface area contributed by atoms with E-state index in [2.05, 4.69) is 38.2 Å². The first kappa shape index (κ1) is 12.3. The molecule has 3 nitrogen and oxygen atoms in total. The molecule has 1 N–H and O–H groups in total. The average molecular weight is 210 g/mol. The predicted molar refractivity (Wildman–Crippen MR) is 62.8 cm³/mol. The fourth-order valence-electron chi connectivity index (χ4n) is 1.53. The van der Waals surface area contributed by atoms with E-state index in [9.17, 15) is 0 Å². The molecule has 15 heavy (non-hydrogen) atoms. The Labute approximate surface area is 92.5 Å². The highest BCUT2D eigenvalue weighted by Crippen LogP contribution is 2.17. The van der Waals surface area contributed by atoms with Gasteiger partial charge in [-0.1, -0.05) is 13.8 Å². The van der Waals surface area contributed by atoms with Gasteiger partial charge in [0.15, 0.2) is 0 Å². The maximum Gasteiger partial charge on any atom is 0.122 e. The molecule has 0 bridgehead atoms. The summed E-state index contributed by atoms with van der Waals surface area (Å²) in [5.41, 5.74) is 0. The van der Waals surface area contributed by atoms with Crippen LogP contribution in [0.15, 0.2) is 22.8 Å². The molecular weight excluding hydrogens is 188 g/mol. The summed E-state index contributed by atoms with van der Waals surface area (Å²) in [7, 11) is 4.15. The molecule has 0 saturated heterocycles. The van der Waals surface area contributed by atoms with Crippen LogP contribution in [0.4, 0.5) is 0 Å². The molecule has 1 aromatic heterocycles. The first-order chi connectivity index (χ1) is 7.11. The standard InChI is InChI=1S/C12H22N2O/c1-10(2)8-13-9-11(14(3)4)12-6-5-7-15-12/h5-7,10-11,13H,8-9H2,1-4H3/t11-/m0/s1. The number of hydrogen-bond acceptors (Lipinski definition) is 3. The van der Waals surface area contributed by atoms with Gasteiger partial charge in [-0.05, 0) is 38.7 Å². The van der Waals surface area contributed by atoms with Gasteiger partial charge in [0.2, 0.25) is 0 Å². The minimum Gasteiger partial charge on any atom is -0.468 e. The highest BCUT2D eigenvalue weighted by molar-refractivity contribution is 5.04. The molecule has 0 fully saturated rings. The van der Waals surface area contributed by atoms with Gasteiger partial charge in [-0.25, -0.2) is 0 Å². The van der Waals surface area contributed by atoms with Gasteiger partial charge in [-0.2, -0.15) is 0 Å². The zero-order valence-electron chi connectivity index (χ0n) is 10.2. The fourth-order valence-corrected chi connectivity index (χ4v) is 1.53. The van der Waals surface area contributed by atoms with Crippen molar-refractivity contribution in [2.75, 3.05) is 27.2 Å². The Morgan fingerprint density at radius 3 is 2.53 bits per heavy atom. The van der Waals surface area contributed by atoms with E-state index in [0.29, 0.717) is 12.0 Å². The number of furan rings is 1. The first-order valence-corrected chi connectivity index (χ1v) is 5.51. The SMILES string of the molecule is CC(C)CNC[C@@H](c1ccco1)N(C)C. The molecule has 0 amide bonds.